The van der Waals surface area contributed by atoms with Gasteiger partial charge in [-0.05, 0) is 31.0 Å². The van der Waals surface area contributed by atoms with E-state index < -0.39 is 5.60 Å². The third kappa shape index (κ3) is 3.54. The van der Waals surface area contributed by atoms with E-state index in [0.717, 1.165) is 62.4 Å². The largest absolute Gasteiger partial charge is 0.386 e. The smallest absolute Gasteiger partial charge is 0.139 e. The predicted molar refractivity (Wildman–Crippen MR) is 110 cm³/mol. The van der Waals surface area contributed by atoms with E-state index in [1.165, 1.54) is 18.5 Å². The predicted octanol–water partition coefficient (Wildman–Crippen LogP) is 1.50. The maximum absolute atomic E-state index is 10.6. The van der Waals surface area contributed by atoms with Crippen LogP contribution in [0, 0.1) is 0 Å². The van der Waals surface area contributed by atoms with Crippen LogP contribution in [0.2, 0.25) is 0 Å². The molecule has 0 saturated carbocycles. The highest BCUT2D eigenvalue weighted by Crippen LogP contribution is 2.30. The molecule has 0 spiro atoms. The molecule has 1 aromatic heterocycles. The number of fused-ring (bicyclic) bond motifs is 1. The minimum Gasteiger partial charge on any atom is -0.386 e. The minimum atomic E-state index is -0.660. The minimum absolute atomic E-state index is 0.469. The molecular formula is C21H29N5O2. The topological polar surface area (TPSA) is 65.0 Å². The van der Waals surface area contributed by atoms with Gasteiger partial charge in [-0.1, -0.05) is 0 Å². The lowest BCUT2D eigenvalue weighted by Crippen LogP contribution is -2.52. The third-order valence-electron chi connectivity index (χ3n) is 6.34. The molecule has 1 aromatic carbocycles. The van der Waals surface area contributed by atoms with Crippen LogP contribution in [-0.4, -0.2) is 84.6 Å². The van der Waals surface area contributed by atoms with Gasteiger partial charge in [-0.25, -0.2) is 9.97 Å². The molecule has 150 valence electrons. The molecule has 28 heavy (non-hydrogen) atoms. The van der Waals surface area contributed by atoms with Gasteiger partial charge in [-0.15, -0.1) is 0 Å². The Hall–Kier alpha value is -1.96. The number of aromatic nitrogens is 2. The number of hydrogen-bond acceptors (Lipinski definition) is 7. The van der Waals surface area contributed by atoms with Crippen molar-refractivity contribution in [3.05, 3.63) is 24.5 Å². The van der Waals surface area contributed by atoms with E-state index >= 15 is 0 Å². The summed E-state index contributed by atoms with van der Waals surface area (Å²) >= 11 is 0. The maximum Gasteiger partial charge on any atom is 0.139 e. The lowest BCUT2D eigenvalue weighted by atomic mass is 10.0. The van der Waals surface area contributed by atoms with E-state index in [-0.39, 0.29) is 0 Å². The molecule has 0 aliphatic carbocycles. The molecule has 0 radical (unpaired) electrons. The molecule has 0 bridgehead atoms. The third-order valence-corrected chi connectivity index (χ3v) is 6.34. The van der Waals surface area contributed by atoms with Crippen LogP contribution >= 0.6 is 0 Å². The van der Waals surface area contributed by atoms with Gasteiger partial charge >= 0.3 is 0 Å². The average Bonchev–Trinajstić information content (AvgIpc) is 3.40. The van der Waals surface area contributed by atoms with Crippen molar-refractivity contribution in [2.75, 3.05) is 68.8 Å². The molecule has 4 heterocycles. The lowest BCUT2D eigenvalue weighted by Gasteiger charge is -2.39. The summed E-state index contributed by atoms with van der Waals surface area (Å²) in [6.45, 7) is 7.89. The number of hydrogen-bond donors (Lipinski definition) is 1. The van der Waals surface area contributed by atoms with E-state index in [1.54, 1.807) is 6.33 Å². The Bertz CT molecular complexity index is 825. The summed E-state index contributed by atoms with van der Waals surface area (Å²) in [5, 5.41) is 11.7. The van der Waals surface area contributed by atoms with Crippen LogP contribution in [0.5, 0.6) is 0 Å². The number of rotatable bonds is 4. The summed E-state index contributed by atoms with van der Waals surface area (Å²) < 4.78 is 5.38. The van der Waals surface area contributed by atoms with E-state index in [4.69, 9.17) is 4.74 Å². The van der Waals surface area contributed by atoms with E-state index in [0.29, 0.717) is 19.8 Å². The fourth-order valence-electron chi connectivity index (χ4n) is 4.71. The van der Waals surface area contributed by atoms with E-state index in [9.17, 15) is 5.11 Å². The first kappa shape index (κ1) is 18.1. The SMILES string of the molecule is OC1(CN2CCN(c3ccc4ncnc(N5CCCC5)c4c3)CC2)CCOC1. The highest BCUT2D eigenvalue weighted by Gasteiger charge is 2.35. The number of nitrogens with zero attached hydrogens (tertiary/aromatic N) is 5. The van der Waals surface area contributed by atoms with Crippen LogP contribution in [0.4, 0.5) is 11.5 Å². The number of benzene rings is 1. The van der Waals surface area contributed by atoms with Crippen LogP contribution in [0.3, 0.4) is 0 Å². The van der Waals surface area contributed by atoms with Gasteiger partial charge in [0.25, 0.3) is 0 Å². The molecule has 1 unspecified atom stereocenters. The zero-order valence-corrected chi connectivity index (χ0v) is 16.4. The van der Waals surface area contributed by atoms with Gasteiger partial charge in [0, 0.05) is 69.9 Å². The molecule has 3 aliphatic heterocycles. The Labute approximate surface area is 165 Å². The molecule has 5 rings (SSSR count). The second-order valence-corrected chi connectivity index (χ2v) is 8.38. The molecule has 3 aliphatic rings. The van der Waals surface area contributed by atoms with Gasteiger partial charge in [0.1, 0.15) is 17.7 Å². The fraction of sp³-hybridized carbons (Fsp3) is 0.619. The Morgan fingerprint density at radius 1 is 1.00 bits per heavy atom. The lowest BCUT2D eigenvalue weighted by molar-refractivity contribution is -0.00557. The first-order valence-corrected chi connectivity index (χ1v) is 10.5. The van der Waals surface area contributed by atoms with Gasteiger partial charge in [-0.3, -0.25) is 4.90 Å². The highest BCUT2D eigenvalue weighted by molar-refractivity contribution is 5.92. The van der Waals surface area contributed by atoms with Crippen LogP contribution in [-0.2, 0) is 4.74 Å². The van der Waals surface area contributed by atoms with Crippen molar-refractivity contribution in [3.8, 4) is 0 Å². The molecule has 1 atom stereocenters. The summed E-state index contributed by atoms with van der Waals surface area (Å²) in [7, 11) is 0. The van der Waals surface area contributed by atoms with Gasteiger partial charge < -0.3 is 19.6 Å². The molecule has 3 fully saturated rings. The van der Waals surface area contributed by atoms with Crippen molar-refractivity contribution in [3.63, 3.8) is 0 Å². The number of aliphatic hydroxyl groups is 1. The first-order chi connectivity index (χ1) is 13.7. The summed E-state index contributed by atoms with van der Waals surface area (Å²) in [6.07, 6.45) is 4.91. The van der Waals surface area contributed by atoms with Crippen molar-refractivity contribution in [1.82, 2.24) is 14.9 Å². The zero-order valence-electron chi connectivity index (χ0n) is 16.4. The van der Waals surface area contributed by atoms with Gasteiger partial charge in [0.2, 0.25) is 0 Å². The van der Waals surface area contributed by atoms with Crippen molar-refractivity contribution < 1.29 is 9.84 Å². The molecule has 2 aromatic rings. The van der Waals surface area contributed by atoms with Gasteiger partial charge in [0.15, 0.2) is 0 Å². The highest BCUT2D eigenvalue weighted by atomic mass is 16.5. The summed E-state index contributed by atoms with van der Waals surface area (Å²) in [5.74, 6) is 1.08. The second-order valence-electron chi connectivity index (χ2n) is 8.38. The maximum atomic E-state index is 10.6. The number of anilines is 2. The number of β-amino-alcohol motifs (C(OH)–C–C–N with tert-alkyl or cyclic N) is 1. The molecule has 1 N–H and O–H groups in total. The summed E-state index contributed by atoms with van der Waals surface area (Å²) in [5.41, 5.74) is 1.60. The standard InChI is InChI=1S/C21H29N5O2/c27-21(5-12-28-15-21)14-24-8-10-25(11-9-24)17-3-4-19-18(13-17)20(23-16-22-19)26-6-1-2-7-26/h3-4,13,16,27H,1-2,5-12,14-15H2. The van der Waals surface area contributed by atoms with Crippen LogP contribution in [0.1, 0.15) is 19.3 Å². The fourth-order valence-corrected chi connectivity index (χ4v) is 4.71. The van der Waals surface area contributed by atoms with Crippen molar-refractivity contribution in [1.29, 1.82) is 0 Å². The van der Waals surface area contributed by atoms with Crippen LogP contribution < -0.4 is 9.80 Å². The number of ether oxygens (including phenoxy) is 1. The molecule has 7 heteroatoms. The second kappa shape index (κ2) is 7.46. The molecule has 0 amide bonds. The number of piperazine rings is 1. The average molecular weight is 383 g/mol. The quantitative estimate of drug-likeness (QED) is 0.858. The van der Waals surface area contributed by atoms with Crippen molar-refractivity contribution in [2.45, 2.75) is 24.9 Å². The normalized spacial score (nSPS) is 26.5. The van der Waals surface area contributed by atoms with Crippen LogP contribution in [0.15, 0.2) is 24.5 Å². The van der Waals surface area contributed by atoms with Crippen LogP contribution in [0.25, 0.3) is 10.9 Å². The Morgan fingerprint density at radius 2 is 1.82 bits per heavy atom. The summed E-state index contributed by atoms with van der Waals surface area (Å²) in [6, 6.07) is 6.56. The Morgan fingerprint density at radius 3 is 2.57 bits per heavy atom. The Kier molecular flexibility index (Phi) is 4.82. The monoisotopic (exact) mass is 383 g/mol. The molecule has 7 nitrogen and oxygen atoms in total. The van der Waals surface area contributed by atoms with Gasteiger partial charge in [-0.2, -0.15) is 0 Å². The van der Waals surface area contributed by atoms with E-state index in [2.05, 4.69) is 42.9 Å². The summed E-state index contributed by atoms with van der Waals surface area (Å²) in [4.78, 5) is 16.3. The molecule has 3 saturated heterocycles. The van der Waals surface area contributed by atoms with Gasteiger partial charge in [0.05, 0.1) is 12.1 Å². The Balaban J connectivity index is 1.31. The zero-order chi connectivity index (χ0) is 19.0. The first-order valence-electron chi connectivity index (χ1n) is 10.5. The molecular weight excluding hydrogens is 354 g/mol. The van der Waals surface area contributed by atoms with Crippen molar-refractivity contribution >= 4 is 22.4 Å². The van der Waals surface area contributed by atoms with Crippen molar-refractivity contribution in [2.24, 2.45) is 0 Å². The van der Waals surface area contributed by atoms with E-state index in [1.807, 2.05) is 0 Å².